The van der Waals surface area contributed by atoms with Crippen molar-refractivity contribution in [1.29, 1.82) is 0 Å². The van der Waals surface area contributed by atoms with Gasteiger partial charge in [-0.25, -0.2) is 13.2 Å². The van der Waals surface area contributed by atoms with E-state index in [2.05, 4.69) is 20.8 Å². The summed E-state index contributed by atoms with van der Waals surface area (Å²) in [6, 6.07) is 7.04. The maximum atomic E-state index is 12.1. The molecule has 0 bridgehead atoms. The number of H-pyrrole nitrogens is 1. The Hall–Kier alpha value is -2.59. The van der Waals surface area contributed by atoms with Crippen LogP contribution in [0.2, 0.25) is 0 Å². The number of hydrogen-bond donors (Lipinski definition) is 3. The van der Waals surface area contributed by atoms with E-state index in [-0.39, 0.29) is 24.0 Å². The molecule has 0 saturated carbocycles. The first kappa shape index (κ1) is 19.7. The predicted octanol–water partition coefficient (Wildman–Crippen LogP) is 2.45. The summed E-state index contributed by atoms with van der Waals surface area (Å²) in [6.07, 6.45) is -0.0000913. The minimum Gasteiger partial charge on any atom is -0.444 e. The zero-order chi connectivity index (χ0) is 20.6. The van der Waals surface area contributed by atoms with Crippen LogP contribution in [-0.4, -0.2) is 49.2 Å². The van der Waals surface area contributed by atoms with Gasteiger partial charge in [0.1, 0.15) is 12.2 Å². The number of hydrogen-bond acceptors (Lipinski definition) is 7. The lowest BCUT2D eigenvalue weighted by atomic mass is 10.1. The number of fused-ring (bicyclic) bond motifs is 1. The Morgan fingerprint density at radius 1 is 1.38 bits per heavy atom. The van der Waals surface area contributed by atoms with E-state index in [1.54, 1.807) is 12.1 Å². The predicted molar refractivity (Wildman–Crippen MR) is 106 cm³/mol. The highest BCUT2D eigenvalue weighted by Crippen LogP contribution is 2.34. The van der Waals surface area contributed by atoms with Gasteiger partial charge >= 0.3 is 6.09 Å². The van der Waals surface area contributed by atoms with Crippen molar-refractivity contribution in [1.82, 2.24) is 15.5 Å². The summed E-state index contributed by atoms with van der Waals surface area (Å²) in [5.41, 5.74) is 2.29. The Labute approximate surface area is 169 Å². The molecule has 1 fully saturated rings. The molecular formula is C19H24N4O5S. The fourth-order valence-electron chi connectivity index (χ4n) is 3.60. The molecule has 1 saturated heterocycles. The summed E-state index contributed by atoms with van der Waals surface area (Å²) in [4.78, 5) is 12.1. The molecule has 4 rings (SSSR count). The molecule has 0 spiro atoms. The molecule has 1 aromatic heterocycles. The van der Waals surface area contributed by atoms with Crippen molar-refractivity contribution >= 4 is 27.4 Å². The second-order valence-electron chi connectivity index (χ2n) is 7.57. The third-order valence-corrected chi connectivity index (χ3v) is 6.73. The highest BCUT2D eigenvalue weighted by Gasteiger charge is 2.31. The van der Waals surface area contributed by atoms with Gasteiger partial charge in [0.2, 0.25) is 0 Å². The number of ether oxygens (including phenoxy) is 2. The monoisotopic (exact) mass is 420 g/mol. The van der Waals surface area contributed by atoms with Crippen molar-refractivity contribution in [3.05, 3.63) is 35.5 Å². The van der Waals surface area contributed by atoms with Crippen molar-refractivity contribution in [2.24, 2.45) is 0 Å². The van der Waals surface area contributed by atoms with Crippen molar-refractivity contribution in [3.8, 4) is 0 Å². The minimum atomic E-state index is -3.19. The molecule has 1 aromatic carbocycles. The van der Waals surface area contributed by atoms with Crippen LogP contribution in [0.25, 0.3) is 0 Å². The van der Waals surface area contributed by atoms with Crippen LogP contribution >= 0.6 is 0 Å². The number of benzene rings is 1. The van der Waals surface area contributed by atoms with Crippen LogP contribution in [0, 0.1) is 0 Å². The minimum absolute atomic E-state index is 0.0104. The van der Waals surface area contributed by atoms with Gasteiger partial charge in [-0.1, -0.05) is 6.07 Å². The van der Waals surface area contributed by atoms with Gasteiger partial charge in [-0.2, -0.15) is 5.10 Å². The van der Waals surface area contributed by atoms with Gasteiger partial charge in [0.15, 0.2) is 15.7 Å². The van der Waals surface area contributed by atoms with Crippen LogP contribution in [0.15, 0.2) is 29.2 Å². The number of alkyl carbamates (subject to hydrolysis) is 1. The SMILES string of the molecule is CC(C)NC(=O)O[C@@H]1CO[C@@H](c2cc(Nc3cccc4c3CCS4(=O)=O)n[nH]2)C1. The average molecular weight is 420 g/mol. The summed E-state index contributed by atoms with van der Waals surface area (Å²) in [7, 11) is -3.19. The smallest absolute Gasteiger partial charge is 0.407 e. The standard InChI is InChI=1S/C19H24N4O5S/c1-11(2)20-19(24)28-12-8-16(27-10-12)15-9-18(23-22-15)21-14-4-3-5-17-13(14)6-7-29(17,25)26/h3-5,9,11-12,16H,6-8,10H2,1-2H3,(H,20,24)(H2,21,22,23)/t12-,16+/m0/s1. The maximum Gasteiger partial charge on any atom is 0.407 e. The molecule has 0 unspecified atom stereocenters. The van der Waals surface area contributed by atoms with Gasteiger partial charge in [0.05, 0.1) is 22.9 Å². The highest BCUT2D eigenvalue weighted by molar-refractivity contribution is 7.91. The molecule has 156 valence electrons. The lowest BCUT2D eigenvalue weighted by Crippen LogP contribution is -2.33. The molecule has 0 radical (unpaired) electrons. The van der Waals surface area contributed by atoms with Gasteiger partial charge in [0.25, 0.3) is 0 Å². The maximum absolute atomic E-state index is 12.1. The van der Waals surface area contributed by atoms with Crippen LogP contribution in [0.4, 0.5) is 16.3 Å². The fraction of sp³-hybridized carbons (Fsp3) is 0.474. The number of amides is 1. The highest BCUT2D eigenvalue weighted by atomic mass is 32.2. The first-order chi connectivity index (χ1) is 13.8. The Morgan fingerprint density at radius 2 is 2.21 bits per heavy atom. The molecule has 3 heterocycles. The number of carbonyl (C=O) groups excluding carboxylic acids is 1. The molecule has 2 aliphatic rings. The average Bonchev–Trinajstić information content (AvgIpc) is 3.35. The van der Waals surface area contributed by atoms with Crippen molar-refractivity contribution in [2.75, 3.05) is 17.7 Å². The number of nitrogens with zero attached hydrogens (tertiary/aromatic N) is 1. The van der Waals surface area contributed by atoms with Gasteiger partial charge < -0.3 is 20.1 Å². The number of sulfone groups is 1. The summed E-state index contributed by atoms with van der Waals surface area (Å²) in [6.45, 7) is 4.06. The van der Waals surface area contributed by atoms with Crippen LogP contribution in [-0.2, 0) is 25.7 Å². The van der Waals surface area contributed by atoms with Gasteiger partial charge in [0, 0.05) is 24.2 Å². The number of carbonyl (C=O) groups is 1. The van der Waals surface area contributed by atoms with Crippen molar-refractivity contribution in [3.63, 3.8) is 0 Å². The summed E-state index contributed by atoms with van der Waals surface area (Å²) in [5, 5.41) is 13.1. The van der Waals surface area contributed by atoms with Gasteiger partial charge in [-0.3, -0.25) is 5.10 Å². The topological polar surface area (TPSA) is 122 Å². The molecule has 10 heteroatoms. The number of rotatable bonds is 5. The zero-order valence-electron chi connectivity index (χ0n) is 16.3. The largest absolute Gasteiger partial charge is 0.444 e. The van der Waals surface area contributed by atoms with E-state index in [0.29, 0.717) is 30.2 Å². The van der Waals surface area contributed by atoms with Crippen LogP contribution in [0.1, 0.15) is 37.6 Å². The fourth-order valence-corrected chi connectivity index (χ4v) is 5.17. The number of aromatic amines is 1. The quantitative estimate of drug-likeness (QED) is 0.679. The number of nitrogens with one attached hydrogen (secondary N) is 3. The summed E-state index contributed by atoms with van der Waals surface area (Å²) >= 11 is 0. The summed E-state index contributed by atoms with van der Waals surface area (Å²) in [5.74, 6) is 0.706. The second-order valence-corrected chi connectivity index (χ2v) is 9.65. The Morgan fingerprint density at radius 3 is 3.00 bits per heavy atom. The molecule has 9 nitrogen and oxygen atoms in total. The molecular weight excluding hydrogens is 396 g/mol. The normalized spacial score (nSPS) is 22.4. The third-order valence-electron chi connectivity index (χ3n) is 4.94. The summed E-state index contributed by atoms with van der Waals surface area (Å²) < 4.78 is 35.3. The van der Waals surface area contributed by atoms with Crippen molar-refractivity contribution in [2.45, 2.75) is 49.8 Å². The lowest BCUT2D eigenvalue weighted by molar-refractivity contribution is 0.0682. The van der Waals surface area contributed by atoms with Gasteiger partial charge in [-0.05, 0) is 38.0 Å². The van der Waals surface area contributed by atoms with Crippen LogP contribution in [0.5, 0.6) is 0 Å². The molecule has 2 atom stereocenters. The molecule has 3 N–H and O–H groups in total. The van der Waals surface area contributed by atoms with Crippen LogP contribution in [0.3, 0.4) is 0 Å². The van der Waals surface area contributed by atoms with E-state index in [1.165, 1.54) is 0 Å². The number of anilines is 2. The van der Waals surface area contributed by atoms with E-state index in [4.69, 9.17) is 9.47 Å². The van der Waals surface area contributed by atoms with E-state index in [9.17, 15) is 13.2 Å². The Balaban J connectivity index is 1.40. The zero-order valence-corrected chi connectivity index (χ0v) is 17.1. The second kappa shape index (κ2) is 7.68. The van der Waals surface area contributed by atoms with Gasteiger partial charge in [-0.15, -0.1) is 0 Å². The van der Waals surface area contributed by atoms with E-state index < -0.39 is 15.9 Å². The Bertz CT molecular complexity index is 1020. The lowest BCUT2D eigenvalue weighted by Gasteiger charge is -2.13. The first-order valence-electron chi connectivity index (χ1n) is 9.57. The first-order valence-corrected chi connectivity index (χ1v) is 11.2. The van der Waals surface area contributed by atoms with E-state index in [1.807, 2.05) is 26.0 Å². The molecule has 0 aliphatic carbocycles. The molecule has 2 aromatic rings. The third kappa shape index (κ3) is 4.23. The van der Waals surface area contributed by atoms with E-state index in [0.717, 1.165) is 16.9 Å². The van der Waals surface area contributed by atoms with E-state index >= 15 is 0 Å². The molecule has 29 heavy (non-hydrogen) atoms. The number of aromatic nitrogens is 2. The van der Waals surface area contributed by atoms with Crippen molar-refractivity contribution < 1.29 is 22.7 Å². The molecule has 2 aliphatic heterocycles. The molecule has 1 amide bonds. The van der Waals surface area contributed by atoms with Crippen LogP contribution < -0.4 is 10.6 Å². The Kier molecular flexibility index (Phi) is 5.22.